The Hall–Kier alpha value is -3.32. The molecule has 3 aromatic carbocycles. The van der Waals surface area contributed by atoms with E-state index in [0.29, 0.717) is 5.96 Å². The average molecular weight is 300 g/mol. The molecule has 0 bridgehead atoms. The summed E-state index contributed by atoms with van der Waals surface area (Å²) in [5.41, 5.74) is 2.76. The molecule has 0 fully saturated rings. The lowest BCUT2D eigenvalue weighted by Gasteiger charge is -2.11. The number of nitrogens with one attached hydrogen (secondary N) is 2. The maximum absolute atomic E-state index is 8.99. The van der Waals surface area contributed by atoms with Crippen molar-refractivity contribution in [3.63, 3.8) is 0 Å². The smallest absolute Gasteiger partial charge is 0.214 e. The molecule has 2 N–H and O–H groups in total. The number of rotatable bonds is 2. The molecule has 0 heterocycles. The fourth-order valence-corrected chi connectivity index (χ4v) is 2.41. The van der Waals surface area contributed by atoms with E-state index in [1.807, 2.05) is 67.7 Å². The molecule has 0 unspecified atom stereocenters. The van der Waals surface area contributed by atoms with Gasteiger partial charge >= 0.3 is 0 Å². The van der Waals surface area contributed by atoms with E-state index in [1.54, 1.807) is 0 Å². The van der Waals surface area contributed by atoms with Crippen LogP contribution in [0.25, 0.3) is 10.8 Å². The molecule has 4 nitrogen and oxygen atoms in total. The molecule has 0 saturated heterocycles. The molecule has 0 saturated carbocycles. The van der Waals surface area contributed by atoms with Crippen LogP contribution in [-0.2, 0) is 0 Å². The number of anilines is 1. The minimum Gasteiger partial charge on any atom is -0.325 e. The Morgan fingerprint density at radius 3 is 2.52 bits per heavy atom. The number of hydrogen-bond acceptors (Lipinski definition) is 2. The normalized spacial score (nSPS) is 11.0. The van der Waals surface area contributed by atoms with Gasteiger partial charge in [0.2, 0.25) is 5.96 Å². The molecule has 112 valence electrons. The number of fused-ring (bicyclic) bond motifs is 1. The van der Waals surface area contributed by atoms with Gasteiger partial charge in [0.1, 0.15) is 0 Å². The predicted molar refractivity (Wildman–Crippen MR) is 94.6 cm³/mol. The van der Waals surface area contributed by atoms with Gasteiger partial charge in [-0.1, -0.05) is 54.6 Å². The van der Waals surface area contributed by atoms with Crippen molar-refractivity contribution >= 4 is 28.1 Å². The van der Waals surface area contributed by atoms with Crippen molar-refractivity contribution in [2.75, 3.05) is 5.32 Å². The zero-order chi connectivity index (χ0) is 16.1. The Bertz CT molecular complexity index is 901. The third-order valence-electron chi connectivity index (χ3n) is 3.56. The SMILES string of the molecule is Cc1ccccc1N=C(NC#N)Nc1cccc2ccccc12. The van der Waals surface area contributed by atoms with Crippen molar-refractivity contribution in [2.24, 2.45) is 4.99 Å². The van der Waals surface area contributed by atoms with Crippen molar-refractivity contribution in [3.05, 3.63) is 72.3 Å². The third kappa shape index (κ3) is 3.30. The molecule has 0 aliphatic rings. The predicted octanol–water partition coefficient (Wildman–Crippen LogP) is 4.32. The van der Waals surface area contributed by atoms with E-state index in [2.05, 4.69) is 27.8 Å². The molecule has 0 radical (unpaired) electrons. The topological polar surface area (TPSA) is 60.2 Å². The van der Waals surface area contributed by atoms with E-state index in [1.165, 1.54) is 0 Å². The minimum atomic E-state index is 0.401. The molecule has 3 rings (SSSR count). The van der Waals surface area contributed by atoms with Crippen LogP contribution in [0.4, 0.5) is 11.4 Å². The third-order valence-corrected chi connectivity index (χ3v) is 3.56. The first kappa shape index (κ1) is 14.6. The largest absolute Gasteiger partial charge is 0.325 e. The van der Waals surface area contributed by atoms with Crippen molar-refractivity contribution in [1.82, 2.24) is 5.32 Å². The molecular weight excluding hydrogens is 284 g/mol. The zero-order valence-electron chi connectivity index (χ0n) is 12.7. The van der Waals surface area contributed by atoms with Gasteiger partial charge in [0.15, 0.2) is 6.19 Å². The zero-order valence-corrected chi connectivity index (χ0v) is 12.7. The van der Waals surface area contributed by atoms with Crippen LogP contribution < -0.4 is 10.6 Å². The van der Waals surface area contributed by atoms with Crippen LogP contribution in [0.5, 0.6) is 0 Å². The van der Waals surface area contributed by atoms with Crippen molar-refractivity contribution < 1.29 is 0 Å². The average Bonchev–Trinajstić information content (AvgIpc) is 2.57. The molecule has 3 aromatic rings. The molecule has 0 aromatic heterocycles. The standard InChI is InChI=1S/C19H16N4/c1-14-7-2-5-11-17(14)22-19(21-13-20)23-18-12-6-9-15-8-3-4-10-16(15)18/h2-12H,1H3,(H2,21,22,23). The van der Waals surface area contributed by atoms with E-state index in [4.69, 9.17) is 5.26 Å². The van der Waals surface area contributed by atoms with Crippen molar-refractivity contribution in [3.8, 4) is 6.19 Å². The molecule has 23 heavy (non-hydrogen) atoms. The number of nitrogens with zero attached hydrogens (tertiary/aromatic N) is 2. The highest BCUT2D eigenvalue weighted by Crippen LogP contribution is 2.23. The van der Waals surface area contributed by atoms with Crippen molar-refractivity contribution in [1.29, 1.82) is 5.26 Å². The summed E-state index contributed by atoms with van der Waals surface area (Å²) in [5.74, 6) is 0.401. The Morgan fingerprint density at radius 2 is 1.70 bits per heavy atom. The van der Waals surface area contributed by atoms with E-state index in [0.717, 1.165) is 27.7 Å². The first-order valence-electron chi connectivity index (χ1n) is 7.32. The van der Waals surface area contributed by atoms with Gasteiger partial charge in [0, 0.05) is 11.1 Å². The van der Waals surface area contributed by atoms with Crippen LogP contribution in [0.15, 0.2) is 71.7 Å². The minimum absolute atomic E-state index is 0.401. The van der Waals surface area contributed by atoms with Gasteiger partial charge in [-0.05, 0) is 30.0 Å². The fourth-order valence-electron chi connectivity index (χ4n) is 2.41. The Labute approximate surface area is 135 Å². The quantitative estimate of drug-likeness (QED) is 0.321. The maximum atomic E-state index is 8.99. The second kappa shape index (κ2) is 6.63. The van der Waals surface area contributed by atoms with Crippen LogP contribution >= 0.6 is 0 Å². The van der Waals surface area contributed by atoms with E-state index in [-0.39, 0.29) is 0 Å². The highest BCUT2D eigenvalue weighted by Gasteiger charge is 2.05. The number of guanidine groups is 1. The summed E-state index contributed by atoms with van der Waals surface area (Å²) < 4.78 is 0. The molecule has 0 aliphatic carbocycles. The molecule has 0 aliphatic heterocycles. The monoisotopic (exact) mass is 300 g/mol. The molecule has 0 spiro atoms. The summed E-state index contributed by atoms with van der Waals surface area (Å²) in [7, 11) is 0. The van der Waals surface area contributed by atoms with Gasteiger partial charge in [-0.25, -0.2) is 4.99 Å². The molecule has 4 heteroatoms. The highest BCUT2D eigenvalue weighted by atomic mass is 15.2. The van der Waals surface area contributed by atoms with Gasteiger partial charge in [0.25, 0.3) is 0 Å². The molecule has 0 atom stereocenters. The van der Waals surface area contributed by atoms with Crippen LogP contribution in [-0.4, -0.2) is 5.96 Å². The van der Waals surface area contributed by atoms with Crippen LogP contribution in [0.1, 0.15) is 5.56 Å². The lowest BCUT2D eigenvalue weighted by atomic mass is 10.1. The summed E-state index contributed by atoms with van der Waals surface area (Å²) in [6.07, 6.45) is 1.93. The Balaban J connectivity index is 2.00. The van der Waals surface area contributed by atoms with Crippen molar-refractivity contribution in [2.45, 2.75) is 6.92 Å². The number of para-hydroxylation sites is 1. The van der Waals surface area contributed by atoms with Crippen LogP contribution in [0.3, 0.4) is 0 Å². The number of aryl methyl sites for hydroxylation is 1. The lowest BCUT2D eigenvalue weighted by molar-refractivity contribution is 1.23. The van der Waals surface area contributed by atoms with Gasteiger partial charge in [-0.2, -0.15) is 5.26 Å². The second-order valence-corrected chi connectivity index (χ2v) is 5.14. The van der Waals surface area contributed by atoms with Crippen LogP contribution in [0.2, 0.25) is 0 Å². The summed E-state index contributed by atoms with van der Waals surface area (Å²) in [6, 6.07) is 21.9. The van der Waals surface area contributed by atoms with E-state index < -0.39 is 0 Å². The summed E-state index contributed by atoms with van der Waals surface area (Å²) in [4.78, 5) is 4.52. The lowest BCUT2D eigenvalue weighted by Crippen LogP contribution is -2.26. The molecule has 0 amide bonds. The van der Waals surface area contributed by atoms with Gasteiger partial charge in [-0.15, -0.1) is 0 Å². The number of hydrogen-bond donors (Lipinski definition) is 2. The maximum Gasteiger partial charge on any atom is 0.214 e. The fraction of sp³-hybridized carbons (Fsp3) is 0.0526. The molecular formula is C19H16N4. The number of nitriles is 1. The first-order valence-corrected chi connectivity index (χ1v) is 7.32. The Morgan fingerprint density at radius 1 is 0.957 bits per heavy atom. The van der Waals surface area contributed by atoms with E-state index in [9.17, 15) is 0 Å². The van der Waals surface area contributed by atoms with Gasteiger partial charge in [-0.3, -0.25) is 5.32 Å². The van der Waals surface area contributed by atoms with E-state index >= 15 is 0 Å². The number of benzene rings is 3. The first-order chi connectivity index (χ1) is 11.3. The second-order valence-electron chi connectivity index (χ2n) is 5.14. The van der Waals surface area contributed by atoms with Gasteiger partial charge in [0.05, 0.1) is 5.69 Å². The Kier molecular flexibility index (Phi) is 4.21. The summed E-state index contributed by atoms with van der Waals surface area (Å²) in [6.45, 7) is 1.99. The number of aliphatic imine (C=N–C) groups is 1. The summed E-state index contributed by atoms with van der Waals surface area (Å²) in [5, 5.41) is 17.0. The summed E-state index contributed by atoms with van der Waals surface area (Å²) >= 11 is 0. The highest BCUT2D eigenvalue weighted by molar-refractivity contribution is 6.04. The van der Waals surface area contributed by atoms with Crippen LogP contribution in [0, 0.1) is 18.4 Å². The van der Waals surface area contributed by atoms with Gasteiger partial charge < -0.3 is 5.32 Å².